The van der Waals surface area contributed by atoms with Crippen LogP contribution in [0.4, 0.5) is 0 Å². The Morgan fingerprint density at radius 2 is 1.81 bits per heavy atom. The zero-order valence-corrected chi connectivity index (χ0v) is 36.5. The van der Waals surface area contributed by atoms with Crippen LogP contribution in [-0.2, 0) is 33.3 Å². The number of carboxylic acid groups (broad SMARTS) is 1. The number of aliphatic hydroxyl groups is 6. The van der Waals surface area contributed by atoms with Gasteiger partial charge in [-0.15, -0.1) is 0 Å². The number of nitrogens with zero attached hydrogens (tertiary/aromatic N) is 1. The lowest BCUT2D eigenvalue weighted by molar-refractivity contribution is -0.843. The molecule has 9 atom stereocenters. The van der Waals surface area contributed by atoms with Gasteiger partial charge in [0.25, 0.3) is 0 Å². The third-order valence-electron chi connectivity index (χ3n) is 13.2. The van der Waals surface area contributed by atoms with Crippen molar-refractivity contribution in [1.29, 1.82) is 0 Å². The minimum absolute atomic E-state index is 0.0174. The molecule has 6 rings (SSSR count). The van der Waals surface area contributed by atoms with Crippen LogP contribution in [0.5, 0.6) is 0 Å². The van der Waals surface area contributed by atoms with Gasteiger partial charge in [-0.1, -0.05) is 43.1 Å². The Labute approximate surface area is 368 Å². The summed E-state index contributed by atoms with van der Waals surface area (Å²) in [7, 11) is 0. The van der Waals surface area contributed by atoms with E-state index in [1.165, 1.54) is 6.26 Å². The molecule has 6 aliphatic rings. The molecule has 3 heterocycles. The second-order valence-electron chi connectivity index (χ2n) is 18.1. The topological polar surface area (TPSA) is 277 Å². The Balaban J connectivity index is 1.43. The summed E-state index contributed by atoms with van der Waals surface area (Å²) >= 11 is 0. The van der Waals surface area contributed by atoms with Crippen LogP contribution in [0.1, 0.15) is 97.3 Å². The maximum atomic E-state index is 14.5. The molecule has 3 aliphatic heterocycles. The van der Waals surface area contributed by atoms with Gasteiger partial charge in [-0.05, 0) is 83.5 Å². The average molecular weight is 890 g/mol. The number of carbonyl (C=O) groups is 2. The number of aliphatic imine (C=N–C) groups is 1. The van der Waals surface area contributed by atoms with E-state index in [1.807, 2.05) is 6.08 Å². The van der Waals surface area contributed by atoms with Crippen molar-refractivity contribution in [2.24, 2.45) is 28.0 Å². The highest BCUT2D eigenvalue weighted by molar-refractivity contribution is 5.92. The molecule has 18 nitrogen and oxygen atoms in total. The van der Waals surface area contributed by atoms with E-state index in [1.54, 1.807) is 32.2 Å². The van der Waals surface area contributed by atoms with Gasteiger partial charge in [0, 0.05) is 19.1 Å². The number of quaternary nitrogens is 1. The predicted molar refractivity (Wildman–Crippen MR) is 227 cm³/mol. The zero-order chi connectivity index (χ0) is 45.3. The van der Waals surface area contributed by atoms with Crippen LogP contribution in [0.2, 0.25) is 0 Å². The van der Waals surface area contributed by atoms with Crippen molar-refractivity contribution in [2.75, 3.05) is 39.5 Å². The molecule has 4 fully saturated rings. The maximum absolute atomic E-state index is 14.5. The molecule has 1 saturated heterocycles. The minimum Gasteiger partial charge on any atom is -0.478 e. The predicted octanol–water partition coefficient (Wildman–Crippen LogP) is 0.531. The van der Waals surface area contributed by atoms with Crippen molar-refractivity contribution in [1.82, 2.24) is 5.32 Å². The summed E-state index contributed by atoms with van der Waals surface area (Å²) in [5, 5.41) is 75.9. The molecule has 3 aliphatic carbocycles. The van der Waals surface area contributed by atoms with Gasteiger partial charge in [-0.3, -0.25) is 4.99 Å². The lowest BCUT2D eigenvalue weighted by Crippen LogP contribution is -3.09. The number of allylic oxidation sites excluding steroid dienone is 3. The largest absolute Gasteiger partial charge is 0.478 e. The van der Waals surface area contributed by atoms with Crippen molar-refractivity contribution in [2.45, 2.75) is 146 Å². The molecule has 0 radical (unpaired) electrons. The van der Waals surface area contributed by atoms with Crippen LogP contribution in [0.3, 0.4) is 0 Å². The summed E-state index contributed by atoms with van der Waals surface area (Å²) in [6, 6.07) is 0. The molecular weight excluding hydrogens is 821 g/mol. The van der Waals surface area contributed by atoms with Crippen molar-refractivity contribution < 1.29 is 73.9 Å². The fourth-order valence-electron chi connectivity index (χ4n) is 9.95. The number of carboxylic acids is 1. The van der Waals surface area contributed by atoms with Gasteiger partial charge in [-0.2, -0.15) is 0 Å². The van der Waals surface area contributed by atoms with E-state index in [-0.39, 0.29) is 67.2 Å². The van der Waals surface area contributed by atoms with E-state index in [4.69, 9.17) is 29.4 Å². The van der Waals surface area contributed by atoms with E-state index in [0.29, 0.717) is 16.9 Å². The lowest BCUT2D eigenvalue weighted by atomic mass is 9.80. The zero-order valence-electron chi connectivity index (χ0n) is 36.5. The Kier molecular flexibility index (Phi) is 17.0. The number of hydrogen-bond acceptors (Lipinski definition) is 14. The summed E-state index contributed by atoms with van der Waals surface area (Å²) in [6.45, 7) is 2.64. The van der Waals surface area contributed by atoms with Crippen molar-refractivity contribution >= 4 is 17.9 Å². The fraction of sp³-hybridized carbons (Fsp3) is 0.711. The summed E-state index contributed by atoms with van der Waals surface area (Å²) in [6.07, 6.45) is 11.6. The average Bonchev–Trinajstić information content (AvgIpc) is 3.89. The highest BCUT2D eigenvalue weighted by Gasteiger charge is 2.58. The van der Waals surface area contributed by atoms with Gasteiger partial charge < -0.3 is 75.4 Å². The molecular formula is C45H69N4O14+. The molecule has 18 heteroatoms. The number of aliphatic carboxylic acids is 1. The highest BCUT2D eigenvalue weighted by Crippen LogP contribution is 2.51. The van der Waals surface area contributed by atoms with E-state index in [0.717, 1.165) is 82.6 Å². The molecule has 1 unspecified atom stereocenters. The molecule has 11 N–H and O–H groups in total. The molecule has 352 valence electrons. The first kappa shape index (κ1) is 48.8. The smallest absolute Gasteiger partial charge is 0.339 e. The highest BCUT2D eigenvalue weighted by atomic mass is 16.8. The van der Waals surface area contributed by atoms with Crippen molar-refractivity contribution in [3.05, 3.63) is 58.7 Å². The number of carbonyl (C=O) groups excluding carboxylic acids is 1. The molecule has 0 aromatic rings. The Hall–Kier alpha value is -3.69. The first-order valence-electron chi connectivity index (χ1n) is 22.6. The van der Waals surface area contributed by atoms with Gasteiger partial charge in [0.05, 0.1) is 48.3 Å². The minimum atomic E-state index is -2.91. The summed E-state index contributed by atoms with van der Waals surface area (Å²) in [4.78, 5) is 32.2. The van der Waals surface area contributed by atoms with Gasteiger partial charge in [0.15, 0.2) is 18.4 Å². The summed E-state index contributed by atoms with van der Waals surface area (Å²) < 4.78 is 30.9. The number of guanidine groups is 1. The molecule has 0 amide bonds. The quantitative estimate of drug-likeness (QED) is 0.0238. The number of nitrogens with two attached hydrogens (primary N) is 1. The summed E-state index contributed by atoms with van der Waals surface area (Å²) in [5.74, 6) is -6.41. The molecule has 3 saturated carbocycles. The lowest BCUT2D eigenvalue weighted by Gasteiger charge is -2.48. The van der Waals surface area contributed by atoms with Crippen LogP contribution in [-0.4, -0.2) is 142 Å². The summed E-state index contributed by atoms with van der Waals surface area (Å²) in [5.41, 5.74) is 8.21. The van der Waals surface area contributed by atoms with E-state index >= 15 is 0 Å². The molecule has 63 heavy (non-hydrogen) atoms. The number of esters is 1. The second-order valence-corrected chi connectivity index (χ2v) is 18.1. The number of rotatable bonds is 17. The standard InChI is InChI=1S/C45H68N4O14/c1-27(2)60-38-42(62-35(25-52)37(53)45(38,57)58)63-41-32(21-28-9-4-3-5-10-28)31(34(26-59-41)40(56)61-30-13-16-44(22-30)14-6-7-15-44)12-11-29-23-49(18-20-51)24-33(39(54)55)36(29)48-43(46)47-17-8-19-50/h11-12,21,23,26-27,30-32,35,37-38,41-42,50-53,57-58H,3-10,13-20,22,24-25H2,1-2H3,(H,54,55)(H3,46,47,48)/p+1/b12-11+/t30-,31+,32-,35-,37-,38+,41+,42+/m1/s1. The number of nitrogens with one attached hydrogen (secondary N) is 2. The van der Waals surface area contributed by atoms with Gasteiger partial charge in [0.1, 0.15) is 43.2 Å². The monoisotopic (exact) mass is 889 g/mol. The molecule has 0 aromatic heterocycles. The number of aliphatic hydroxyl groups excluding tert-OH is 4. The van der Waals surface area contributed by atoms with Crippen LogP contribution >= 0.6 is 0 Å². The maximum Gasteiger partial charge on any atom is 0.339 e. The SMILES string of the molecule is CC(C)O[C@H]1[C@H](O[C@@H]2OC=C(C(=O)O[C@@H]3CCC4(CCCC4)C3)[C@@H](/C=C/C3=C[NH+](CCO)CC(C(=O)O)=C3NC(N)=NCCCO)[C@H]2C=C2CCCCC2)O[C@H](CO)[C@@H](O)C1(O)O. The number of ether oxygens (including phenoxy) is 5. The van der Waals surface area contributed by atoms with Crippen molar-refractivity contribution in [3.63, 3.8) is 0 Å². The Morgan fingerprint density at radius 1 is 1.06 bits per heavy atom. The molecule has 1 spiro atoms. The van der Waals surface area contributed by atoms with Crippen LogP contribution < -0.4 is 16.0 Å². The third-order valence-corrected chi connectivity index (χ3v) is 13.2. The molecule has 0 bridgehead atoms. The van der Waals surface area contributed by atoms with E-state index in [2.05, 4.69) is 10.3 Å². The van der Waals surface area contributed by atoms with Crippen LogP contribution in [0, 0.1) is 17.3 Å². The Morgan fingerprint density at radius 3 is 2.48 bits per heavy atom. The van der Waals surface area contributed by atoms with Gasteiger partial charge >= 0.3 is 11.9 Å². The van der Waals surface area contributed by atoms with Gasteiger partial charge in [-0.25, -0.2) is 9.59 Å². The first-order valence-corrected chi connectivity index (χ1v) is 22.6. The second kappa shape index (κ2) is 22.0. The fourth-order valence-corrected chi connectivity index (χ4v) is 9.95. The van der Waals surface area contributed by atoms with Crippen molar-refractivity contribution in [3.8, 4) is 0 Å². The normalized spacial score (nSPS) is 32.2. The third kappa shape index (κ3) is 12.0. The van der Waals surface area contributed by atoms with Crippen LogP contribution in [0.25, 0.3) is 0 Å². The van der Waals surface area contributed by atoms with E-state index in [9.17, 15) is 45.3 Å². The molecule has 0 aromatic carbocycles. The first-order chi connectivity index (χ1) is 30.2. The number of hydrogen-bond donors (Lipinski definition) is 10. The Bertz CT molecular complexity index is 1780. The van der Waals surface area contributed by atoms with E-state index < -0.39 is 73.2 Å². The van der Waals surface area contributed by atoms with Crippen LogP contribution in [0.15, 0.2) is 63.7 Å². The van der Waals surface area contributed by atoms with Gasteiger partial charge in [0.2, 0.25) is 12.1 Å².